The molecule has 1 aliphatic heterocycles. The van der Waals surface area contributed by atoms with Gasteiger partial charge in [0.25, 0.3) is 0 Å². The lowest BCUT2D eigenvalue weighted by atomic mass is 9.86. The molecule has 2 heterocycles. The molecule has 1 aliphatic rings. The quantitative estimate of drug-likeness (QED) is 0.412. The molecule has 0 amide bonds. The van der Waals surface area contributed by atoms with Crippen LogP contribution in [0.5, 0.6) is 0 Å². The number of halogens is 1. The van der Waals surface area contributed by atoms with E-state index in [0.29, 0.717) is 5.92 Å². The Morgan fingerprint density at radius 3 is 2.43 bits per heavy atom. The van der Waals surface area contributed by atoms with Crippen molar-refractivity contribution in [2.24, 2.45) is 0 Å². The largest absolute Gasteiger partial charge is 0.354 e. The zero-order chi connectivity index (χ0) is 20.3. The van der Waals surface area contributed by atoms with Crippen molar-refractivity contribution in [2.75, 3.05) is 19.6 Å². The molecule has 0 radical (unpaired) electrons. The minimum atomic E-state index is -0.187. The summed E-state index contributed by atoms with van der Waals surface area (Å²) >= 11 is 0. The maximum absolute atomic E-state index is 13.9. The number of fused-ring (bicyclic) bond motifs is 1. The van der Waals surface area contributed by atoms with Gasteiger partial charge in [-0.15, -0.1) is 0 Å². The molecule has 0 spiro atoms. The third kappa shape index (κ3) is 3.90. The fraction of sp³-hybridized carbons (Fsp3) is 0.259. The number of benzene rings is 3. The maximum Gasteiger partial charge on any atom is 0.123 e. The number of H-pyrrole nitrogens is 1. The van der Waals surface area contributed by atoms with Gasteiger partial charge in [0.15, 0.2) is 0 Å². The lowest BCUT2D eigenvalue weighted by Gasteiger charge is -2.32. The highest BCUT2D eigenvalue weighted by atomic mass is 19.1. The van der Waals surface area contributed by atoms with Crippen molar-refractivity contribution in [3.63, 3.8) is 0 Å². The Kier molecular flexibility index (Phi) is 5.37. The number of likely N-dealkylation sites (tertiary alicyclic amines) is 1. The third-order valence-electron chi connectivity index (χ3n) is 6.41. The van der Waals surface area contributed by atoms with Crippen LogP contribution in [0.1, 0.15) is 29.9 Å². The van der Waals surface area contributed by atoms with Gasteiger partial charge in [0, 0.05) is 23.0 Å². The number of nitrogens with zero attached hydrogens (tertiary/aromatic N) is 1. The SMILES string of the molecule is Fc1cccc(-c2[nH]c3ccccc3c2C2CCN(CCc3ccccc3)CC2)c1. The Morgan fingerprint density at radius 1 is 0.867 bits per heavy atom. The molecule has 0 saturated carbocycles. The first-order valence-corrected chi connectivity index (χ1v) is 10.9. The Hall–Kier alpha value is -2.91. The fourth-order valence-corrected chi connectivity index (χ4v) is 4.84. The van der Waals surface area contributed by atoms with E-state index in [4.69, 9.17) is 0 Å². The number of aromatic nitrogens is 1. The van der Waals surface area contributed by atoms with Crippen LogP contribution in [0.2, 0.25) is 0 Å². The first kappa shape index (κ1) is 19.1. The van der Waals surface area contributed by atoms with E-state index in [-0.39, 0.29) is 5.82 Å². The lowest BCUT2D eigenvalue weighted by Crippen LogP contribution is -2.34. The van der Waals surface area contributed by atoms with E-state index in [1.165, 1.54) is 22.6 Å². The highest BCUT2D eigenvalue weighted by Crippen LogP contribution is 2.40. The molecule has 0 atom stereocenters. The summed E-state index contributed by atoms with van der Waals surface area (Å²) in [6.45, 7) is 3.33. The van der Waals surface area contributed by atoms with Crippen molar-refractivity contribution in [3.05, 3.63) is 95.8 Å². The van der Waals surface area contributed by atoms with Crippen LogP contribution in [-0.2, 0) is 6.42 Å². The number of para-hydroxylation sites is 1. The molecular formula is C27H27FN2. The average molecular weight is 399 g/mol. The van der Waals surface area contributed by atoms with E-state index in [2.05, 4.69) is 64.5 Å². The second-order valence-electron chi connectivity index (χ2n) is 8.32. The Labute approximate surface area is 177 Å². The van der Waals surface area contributed by atoms with Crippen LogP contribution in [0.25, 0.3) is 22.2 Å². The number of nitrogens with one attached hydrogen (secondary N) is 1. The molecule has 152 valence electrons. The summed E-state index contributed by atoms with van der Waals surface area (Å²) in [5.41, 5.74) is 5.92. The van der Waals surface area contributed by atoms with E-state index < -0.39 is 0 Å². The van der Waals surface area contributed by atoms with Gasteiger partial charge in [0.1, 0.15) is 5.82 Å². The van der Waals surface area contributed by atoms with Gasteiger partial charge in [-0.3, -0.25) is 0 Å². The van der Waals surface area contributed by atoms with Crippen LogP contribution in [0.4, 0.5) is 4.39 Å². The van der Waals surface area contributed by atoms with E-state index in [1.807, 2.05) is 6.07 Å². The van der Waals surface area contributed by atoms with Crippen LogP contribution in [-0.4, -0.2) is 29.5 Å². The Bertz CT molecular complexity index is 1120. The first-order chi connectivity index (χ1) is 14.8. The molecule has 0 unspecified atom stereocenters. The summed E-state index contributed by atoms with van der Waals surface area (Å²) in [4.78, 5) is 6.17. The van der Waals surface area contributed by atoms with Crippen LogP contribution in [0, 0.1) is 5.82 Å². The zero-order valence-corrected chi connectivity index (χ0v) is 17.2. The number of aromatic amines is 1. The molecule has 3 aromatic carbocycles. The molecule has 1 N–H and O–H groups in total. The van der Waals surface area contributed by atoms with Crippen LogP contribution < -0.4 is 0 Å². The second kappa shape index (κ2) is 8.45. The summed E-state index contributed by atoms with van der Waals surface area (Å²) in [5.74, 6) is 0.306. The van der Waals surface area contributed by atoms with Crippen LogP contribution >= 0.6 is 0 Å². The van der Waals surface area contributed by atoms with E-state index >= 15 is 0 Å². The molecular weight excluding hydrogens is 371 g/mol. The summed E-state index contributed by atoms with van der Waals surface area (Å²) in [6, 6.07) is 26.2. The molecule has 1 fully saturated rings. The molecule has 0 aliphatic carbocycles. The predicted octanol–water partition coefficient (Wildman–Crippen LogP) is 6.40. The molecule has 0 bridgehead atoms. The van der Waals surface area contributed by atoms with Crippen molar-refractivity contribution < 1.29 is 4.39 Å². The monoisotopic (exact) mass is 398 g/mol. The van der Waals surface area contributed by atoms with Gasteiger partial charge in [-0.05, 0) is 67.6 Å². The van der Waals surface area contributed by atoms with Crippen molar-refractivity contribution in [1.29, 1.82) is 0 Å². The van der Waals surface area contributed by atoms with Gasteiger partial charge in [-0.1, -0.05) is 60.7 Å². The Balaban J connectivity index is 1.37. The average Bonchev–Trinajstić information content (AvgIpc) is 3.18. The third-order valence-corrected chi connectivity index (χ3v) is 6.41. The number of piperidine rings is 1. The highest BCUT2D eigenvalue weighted by Gasteiger charge is 2.26. The molecule has 4 aromatic rings. The lowest BCUT2D eigenvalue weighted by molar-refractivity contribution is 0.215. The summed E-state index contributed by atoms with van der Waals surface area (Å²) in [7, 11) is 0. The molecule has 1 aromatic heterocycles. The molecule has 30 heavy (non-hydrogen) atoms. The summed E-state index contributed by atoms with van der Waals surface area (Å²) in [5, 5.41) is 1.28. The van der Waals surface area contributed by atoms with Crippen LogP contribution in [0.3, 0.4) is 0 Å². The summed E-state index contributed by atoms with van der Waals surface area (Å²) in [6.07, 6.45) is 3.38. The normalized spacial score (nSPS) is 15.6. The topological polar surface area (TPSA) is 19.0 Å². The molecule has 2 nitrogen and oxygen atoms in total. The number of rotatable bonds is 5. The van der Waals surface area contributed by atoms with Gasteiger partial charge in [0.05, 0.1) is 5.69 Å². The van der Waals surface area contributed by atoms with E-state index in [9.17, 15) is 4.39 Å². The van der Waals surface area contributed by atoms with Gasteiger partial charge in [0.2, 0.25) is 0 Å². The predicted molar refractivity (Wildman–Crippen MR) is 122 cm³/mol. The van der Waals surface area contributed by atoms with Gasteiger partial charge in [-0.25, -0.2) is 4.39 Å². The number of hydrogen-bond donors (Lipinski definition) is 1. The minimum absolute atomic E-state index is 0.187. The van der Waals surface area contributed by atoms with Gasteiger partial charge >= 0.3 is 0 Å². The van der Waals surface area contributed by atoms with Gasteiger partial charge < -0.3 is 9.88 Å². The van der Waals surface area contributed by atoms with Crippen molar-refractivity contribution in [3.8, 4) is 11.3 Å². The smallest absolute Gasteiger partial charge is 0.123 e. The van der Waals surface area contributed by atoms with E-state index in [1.54, 1.807) is 12.1 Å². The first-order valence-electron chi connectivity index (χ1n) is 10.9. The van der Waals surface area contributed by atoms with Crippen molar-refractivity contribution in [1.82, 2.24) is 9.88 Å². The van der Waals surface area contributed by atoms with Crippen molar-refractivity contribution >= 4 is 10.9 Å². The highest BCUT2D eigenvalue weighted by molar-refractivity contribution is 5.91. The maximum atomic E-state index is 13.9. The zero-order valence-electron chi connectivity index (χ0n) is 17.2. The van der Waals surface area contributed by atoms with Gasteiger partial charge in [-0.2, -0.15) is 0 Å². The standard InChI is InChI=1S/C27H27FN2/c28-23-10-6-9-22(19-23)27-26(24-11-4-5-12-25(24)29-27)21-14-17-30(18-15-21)16-13-20-7-2-1-3-8-20/h1-12,19,21,29H,13-18H2. The Morgan fingerprint density at radius 2 is 1.63 bits per heavy atom. The fourth-order valence-electron chi connectivity index (χ4n) is 4.84. The van der Waals surface area contributed by atoms with Crippen molar-refractivity contribution in [2.45, 2.75) is 25.2 Å². The minimum Gasteiger partial charge on any atom is -0.354 e. The number of hydrogen-bond acceptors (Lipinski definition) is 1. The summed E-state index contributed by atoms with van der Waals surface area (Å²) < 4.78 is 13.9. The molecule has 5 rings (SSSR count). The molecule has 1 saturated heterocycles. The van der Waals surface area contributed by atoms with E-state index in [0.717, 1.165) is 55.7 Å². The molecule has 3 heteroatoms. The second-order valence-corrected chi connectivity index (χ2v) is 8.32. The van der Waals surface area contributed by atoms with Crippen LogP contribution in [0.15, 0.2) is 78.9 Å².